The van der Waals surface area contributed by atoms with Crippen LogP contribution in [0.25, 0.3) is 0 Å². The van der Waals surface area contributed by atoms with Gasteiger partial charge in [0.25, 0.3) is 0 Å². The standard InChI is InChI=1S/C12H17ClN2O/c1-8(2)15-12(16)7-14-11-6-4-5-10(13)9(11)3/h4-6,8,14H,7H2,1-3H3,(H,15,16). The summed E-state index contributed by atoms with van der Waals surface area (Å²) < 4.78 is 0. The van der Waals surface area contributed by atoms with Crippen molar-refractivity contribution in [2.75, 3.05) is 11.9 Å². The Balaban J connectivity index is 2.55. The fraction of sp³-hybridized carbons (Fsp3) is 0.417. The number of halogens is 1. The van der Waals surface area contributed by atoms with Crippen molar-refractivity contribution in [3.8, 4) is 0 Å². The summed E-state index contributed by atoms with van der Waals surface area (Å²) in [5.74, 6) is -0.0191. The summed E-state index contributed by atoms with van der Waals surface area (Å²) in [5, 5.41) is 6.58. The van der Waals surface area contributed by atoms with E-state index in [9.17, 15) is 4.79 Å². The normalized spacial score (nSPS) is 10.3. The van der Waals surface area contributed by atoms with Gasteiger partial charge in [-0.05, 0) is 38.5 Å². The summed E-state index contributed by atoms with van der Waals surface area (Å²) in [6.45, 7) is 6.05. The van der Waals surface area contributed by atoms with Gasteiger partial charge in [0.2, 0.25) is 5.91 Å². The van der Waals surface area contributed by atoms with Crippen LogP contribution in [0, 0.1) is 6.92 Å². The van der Waals surface area contributed by atoms with E-state index < -0.39 is 0 Å². The van der Waals surface area contributed by atoms with Crippen molar-refractivity contribution in [1.82, 2.24) is 5.32 Å². The van der Waals surface area contributed by atoms with Crippen LogP contribution in [0.2, 0.25) is 5.02 Å². The minimum absolute atomic E-state index is 0.0191. The van der Waals surface area contributed by atoms with Crippen LogP contribution in [0.4, 0.5) is 5.69 Å². The molecule has 0 radical (unpaired) electrons. The van der Waals surface area contributed by atoms with Crippen molar-refractivity contribution in [3.63, 3.8) is 0 Å². The van der Waals surface area contributed by atoms with Crippen molar-refractivity contribution < 1.29 is 4.79 Å². The Bertz CT molecular complexity index is 377. The molecule has 0 bridgehead atoms. The van der Waals surface area contributed by atoms with E-state index in [1.807, 2.05) is 39.0 Å². The molecule has 0 heterocycles. The molecule has 0 aliphatic heterocycles. The Kier molecular flexibility index (Phi) is 4.62. The maximum absolute atomic E-state index is 11.4. The van der Waals surface area contributed by atoms with Crippen LogP contribution in [0.15, 0.2) is 18.2 Å². The zero-order valence-corrected chi connectivity index (χ0v) is 10.6. The average Bonchev–Trinajstić information content (AvgIpc) is 2.19. The Labute approximate surface area is 101 Å². The molecule has 0 spiro atoms. The molecule has 0 aliphatic carbocycles. The van der Waals surface area contributed by atoms with E-state index in [2.05, 4.69) is 10.6 Å². The van der Waals surface area contributed by atoms with E-state index in [1.165, 1.54) is 0 Å². The second kappa shape index (κ2) is 5.75. The lowest BCUT2D eigenvalue weighted by atomic mass is 10.2. The number of benzene rings is 1. The molecule has 1 rings (SSSR count). The molecule has 0 atom stereocenters. The Morgan fingerprint density at radius 1 is 1.44 bits per heavy atom. The molecule has 1 aromatic carbocycles. The first-order valence-electron chi connectivity index (χ1n) is 5.29. The highest BCUT2D eigenvalue weighted by atomic mass is 35.5. The van der Waals surface area contributed by atoms with Gasteiger partial charge in [-0.25, -0.2) is 0 Å². The number of carbonyl (C=O) groups excluding carboxylic acids is 1. The Morgan fingerprint density at radius 3 is 2.75 bits per heavy atom. The molecule has 3 nitrogen and oxygen atoms in total. The van der Waals surface area contributed by atoms with Crippen LogP contribution < -0.4 is 10.6 Å². The number of hydrogen-bond donors (Lipinski definition) is 2. The molecule has 0 unspecified atom stereocenters. The molecule has 4 heteroatoms. The molecule has 0 aliphatic rings. The fourth-order valence-corrected chi connectivity index (χ4v) is 1.52. The molecule has 2 N–H and O–H groups in total. The summed E-state index contributed by atoms with van der Waals surface area (Å²) in [5.41, 5.74) is 1.85. The lowest BCUT2D eigenvalue weighted by Crippen LogP contribution is -2.34. The predicted octanol–water partition coefficient (Wildman–Crippen LogP) is 2.58. The monoisotopic (exact) mass is 240 g/mol. The zero-order valence-electron chi connectivity index (χ0n) is 9.80. The summed E-state index contributed by atoms with van der Waals surface area (Å²) in [6, 6.07) is 5.76. The molecule has 0 saturated carbocycles. The van der Waals surface area contributed by atoms with E-state index in [1.54, 1.807) is 0 Å². The number of anilines is 1. The van der Waals surface area contributed by atoms with Crippen LogP contribution in [0.1, 0.15) is 19.4 Å². The highest BCUT2D eigenvalue weighted by molar-refractivity contribution is 6.31. The average molecular weight is 241 g/mol. The maximum atomic E-state index is 11.4. The number of rotatable bonds is 4. The van der Waals surface area contributed by atoms with Gasteiger partial charge in [0.05, 0.1) is 6.54 Å². The van der Waals surface area contributed by atoms with Gasteiger partial charge in [0.15, 0.2) is 0 Å². The molecule has 0 saturated heterocycles. The molecule has 0 fully saturated rings. The summed E-state index contributed by atoms with van der Waals surface area (Å²) >= 11 is 5.97. The minimum atomic E-state index is -0.0191. The number of amides is 1. The van der Waals surface area contributed by atoms with Gasteiger partial charge in [0.1, 0.15) is 0 Å². The van der Waals surface area contributed by atoms with Crippen molar-refractivity contribution in [2.24, 2.45) is 0 Å². The number of carbonyl (C=O) groups is 1. The van der Waals surface area contributed by atoms with Gasteiger partial charge in [-0.2, -0.15) is 0 Å². The van der Waals surface area contributed by atoms with Crippen molar-refractivity contribution in [1.29, 1.82) is 0 Å². The van der Waals surface area contributed by atoms with E-state index in [0.717, 1.165) is 11.3 Å². The van der Waals surface area contributed by atoms with Crippen LogP contribution in [-0.4, -0.2) is 18.5 Å². The molecule has 88 valence electrons. The summed E-state index contributed by atoms with van der Waals surface area (Å²) in [7, 11) is 0. The first-order valence-corrected chi connectivity index (χ1v) is 5.67. The molecule has 1 aromatic rings. The van der Waals surface area contributed by atoms with Gasteiger partial charge in [-0.15, -0.1) is 0 Å². The van der Waals surface area contributed by atoms with Crippen LogP contribution >= 0.6 is 11.6 Å². The lowest BCUT2D eigenvalue weighted by molar-refractivity contribution is -0.119. The van der Waals surface area contributed by atoms with E-state index >= 15 is 0 Å². The van der Waals surface area contributed by atoms with Gasteiger partial charge in [-0.3, -0.25) is 4.79 Å². The van der Waals surface area contributed by atoms with E-state index in [4.69, 9.17) is 11.6 Å². The third-order valence-electron chi connectivity index (χ3n) is 2.16. The van der Waals surface area contributed by atoms with Crippen LogP contribution in [-0.2, 0) is 4.79 Å². The van der Waals surface area contributed by atoms with Crippen molar-refractivity contribution >= 4 is 23.2 Å². The van der Waals surface area contributed by atoms with Crippen molar-refractivity contribution in [2.45, 2.75) is 26.8 Å². The lowest BCUT2D eigenvalue weighted by Gasteiger charge is -2.12. The zero-order chi connectivity index (χ0) is 12.1. The summed E-state index contributed by atoms with van der Waals surface area (Å²) in [4.78, 5) is 11.4. The number of hydrogen-bond acceptors (Lipinski definition) is 2. The van der Waals surface area contributed by atoms with Gasteiger partial charge < -0.3 is 10.6 Å². The Morgan fingerprint density at radius 2 is 2.12 bits per heavy atom. The largest absolute Gasteiger partial charge is 0.376 e. The predicted molar refractivity (Wildman–Crippen MR) is 68.0 cm³/mol. The SMILES string of the molecule is Cc1c(Cl)cccc1NCC(=O)NC(C)C. The summed E-state index contributed by atoms with van der Waals surface area (Å²) in [6.07, 6.45) is 0. The molecular formula is C12H17ClN2O. The highest BCUT2D eigenvalue weighted by Gasteiger charge is 2.05. The topological polar surface area (TPSA) is 41.1 Å². The fourth-order valence-electron chi connectivity index (χ4n) is 1.35. The maximum Gasteiger partial charge on any atom is 0.239 e. The van der Waals surface area contributed by atoms with Crippen LogP contribution in [0.3, 0.4) is 0 Å². The second-order valence-electron chi connectivity index (χ2n) is 3.99. The van der Waals surface area contributed by atoms with E-state index in [-0.39, 0.29) is 18.5 Å². The smallest absolute Gasteiger partial charge is 0.239 e. The van der Waals surface area contributed by atoms with Crippen molar-refractivity contribution in [3.05, 3.63) is 28.8 Å². The van der Waals surface area contributed by atoms with Gasteiger partial charge >= 0.3 is 0 Å². The second-order valence-corrected chi connectivity index (χ2v) is 4.40. The van der Waals surface area contributed by atoms with Gasteiger partial charge in [0, 0.05) is 16.8 Å². The first kappa shape index (κ1) is 12.8. The number of nitrogens with one attached hydrogen (secondary N) is 2. The highest BCUT2D eigenvalue weighted by Crippen LogP contribution is 2.22. The minimum Gasteiger partial charge on any atom is -0.376 e. The molecule has 0 aromatic heterocycles. The quantitative estimate of drug-likeness (QED) is 0.850. The molecular weight excluding hydrogens is 224 g/mol. The molecule has 16 heavy (non-hydrogen) atoms. The Hall–Kier alpha value is -1.22. The first-order chi connectivity index (χ1) is 7.50. The third-order valence-corrected chi connectivity index (χ3v) is 2.57. The molecule has 1 amide bonds. The van der Waals surface area contributed by atoms with Crippen LogP contribution in [0.5, 0.6) is 0 Å². The van der Waals surface area contributed by atoms with E-state index in [0.29, 0.717) is 5.02 Å². The van der Waals surface area contributed by atoms with Gasteiger partial charge in [-0.1, -0.05) is 17.7 Å². The third kappa shape index (κ3) is 3.74.